The number of nitriles is 1. The van der Waals surface area contributed by atoms with E-state index in [1.54, 1.807) is 11.8 Å². The van der Waals surface area contributed by atoms with Crippen LogP contribution in [-0.4, -0.2) is 23.0 Å². The molecule has 2 rings (SSSR count). The maximum atomic E-state index is 10.3. The first-order chi connectivity index (χ1) is 9.18. The summed E-state index contributed by atoms with van der Waals surface area (Å²) in [7, 11) is 0. The highest BCUT2D eigenvalue weighted by atomic mass is 32.2. The normalized spacial score (nSPS) is 17.1. The number of thioether (sulfide) groups is 1. The molecular weight excluding hydrogens is 256 g/mol. The smallest absolute Gasteiger partial charge is 0.102 e. The zero-order valence-electron chi connectivity index (χ0n) is 11.3. The molecule has 1 aromatic carbocycles. The number of benzene rings is 1. The highest BCUT2D eigenvalue weighted by molar-refractivity contribution is 7.99. The van der Waals surface area contributed by atoms with Gasteiger partial charge in [0.15, 0.2) is 0 Å². The Morgan fingerprint density at radius 3 is 2.79 bits per heavy atom. The van der Waals surface area contributed by atoms with Crippen molar-refractivity contribution in [1.29, 1.82) is 5.26 Å². The number of rotatable bonds is 5. The van der Waals surface area contributed by atoms with Crippen LogP contribution < -0.4 is 5.32 Å². The SMILES string of the molecule is CCSc1cccc(NCC2(O)CCCC2)c1C#N. The van der Waals surface area contributed by atoms with E-state index in [4.69, 9.17) is 0 Å². The molecule has 0 aliphatic heterocycles. The molecule has 0 unspecified atom stereocenters. The summed E-state index contributed by atoms with van der Waals surface area (Å²) in [6.07, 6.45) is 3.89. The highest BCUT2D eigenvalue weighted by Crippen LogP contribution is 2.32. The Balaban J connectivity index is 2.11. The largest absolute Gasteiger partial charge is 0.388 e. The number of aliphatic hydroxyl groups is 1. The lowest BCUT2D eigenvalue weighted by atomic mass is 10.0. The van der Waals surface area contributed by atoms with Gasteiger partial charge >= 0.3 is 0 Å². The van der Waals surface area contributed by atoms with Gasteiger partial charge in [-0.1, -0.05) is 25.8 Å². The van der Waals surface area contributed by atoms with E-state index in [0.717, 1.165) is 42.0 Å². The van der Waals surface area contributed by atoms with Crippen LogP contribution in [0.1, 0.15) is 38.2 Å². The minimum Gasteiger partial charge on any atom is -0.388 e. The average Bonchev–Trinajstić information content (AvgIpc) is 2.84. The molecule has 0 aromatic heterocycles. The Kier molecular flexibility index (Phi) is 4.73. The Morgan fingerprint density at radius 1 is 1.42 bits per heavy atom. The van der Waals surface area contributed by atoms with E-state index in [0.29, 0.717) is 12.1 Å². The van der Waals surface area contributed by atoms with Crippen LogP contribution in [0.15, 0.2) is 23.1 Å². The van der Waals surface area contributed by atoms with Crippen molar-refractivity contribution < 1.29 is 5.11 Å². The van der Waals surface area contributed by atoms with Gasteiger partial charge in [0.2, 0.25) is 0 Å². The topological polar surface area (TPSA) is 56.0 Å². The molecule has 102 valence electrons. The van der Waals surface area contributed by atoms with Crippen LogP contribution in [0, 0.1) is 11.3 Å². The molecular formula is C15H20N2OS. The van der Waals surface area contributed by atoms with E-state index < -0.39 is 5.60 Å². The van der Waals surface area contributed by atoms with Crippen LogP contribution in [0.2, 0.25) is 0 Å². The molecule has 0 amide bonds. The molecule has 0 saturated heterocycles. The summed E-state index contributed by atoms with van der Waals surface area (Å²) < 4.78 is 0. The summed E-state index contributed by atoms with van der Waals surface area (Å²) in [6, 6.07) is 8.12. The van der Waals surface area contributed by atoms with Gasteiger partial charge in [-0.05, 0) is 30.7 Å². The second kappa shape index (κ2) is 6.31. The van der Waals surface area contributed by atoms with Gasteiger partial charge in [-0.15, -0.1) is 11.8 Å². The number of nitrogens with zero attached hydrogens (tertiary/aromatic N) is 1. The second-order valence-electron chi connectivity index (χ2n) is 5.01. The third kappa shape index (κ3) is 3.43. The van der Waals surface area contributed by atoms with Crippen LogP contribution in [0.5, 0.6) is 0 Å². The monoisotopic (exact) mass is 276 g/mol. The molecule has 4 heteroatoms. The van der Waals surface area contributed by atoms with Crippen molar-refractivity contribution in [2.75, 3.05) is 17.6 Å². The van der Waals surface area contributed by atoms with Gasteiger partial charge in [-0.3, -0.25) is 0 Å². The molecule has 3 nitrogen and oxygen atoms in total. The molecule has 0 atom stereocenters. The fourth-order valence-corrected chi connectivity index (χ4v) is 3.32. The van der Waals surface area contributed by atoms with Crippen molar-refractivity contribution in [1.82, 2.24) is 0 Å². The summed E-state index contributed by atoms with van der Waals surface area (Å²) in [5.74, 6) is 0.946. The quantitative estimate of drug-likeness (QED) is 0.809. The third-order valence-corrected chi connectivity index (χ3v) is 4.52. The number of hydrogen-bond donors (Lipinski definition) is 2. The zero-order chi connectivity index (χ0) is 13.7. The molecule has 1 aliphatic carbocycles. The lowest BCUT2D eigenvalue weighted by Crippen LogP contribution is -2.33. The van der Waals surface area contributed by atoms with E-state index in [1.807, 2.05) is 18.2 Å². The van der Waals surface area contributed by atoms with Gasteiger partial charge < -0.3 is 10.4 Å². The maximum absolute atomic E-state index is 10.3. The van der Waals surface area contributed by atoms with Crippen LogP contribution in [-0.2, 0) is 0 Å². The van der Waals surface area contributed by atoms with Crippen LogP contribution in [0.3, 0.4) is 0 Å². The second-order valence-corrected chi connectivity index (χ2v) is 6.31. The van der Waals surface area contributed by atoms with E-state index in [-0.39, 0.29) is 0 Å². The highest BCUT2D eigenvalue weighted by Gasteiger charge is 2.30. The first-order valence-corrected chi connectivity index (χ1v) is 7.79. The van der Waals surface area contributed by atoms with E-state index in [9.17, 15) is 10.4 Å². The Bertz CT molecular complexity index is 476. The summed E-state index contributed by atoms with van der Waals surface area (Å²) in [4.78, 5) is 1.01. The number of nitrogens with one attached hydrogen (secondary N) is 1. The maximum Gasteiger partial charge on any atom is 0.102 e. The molecule has 19 heavy (non-hydrogen) atoms. The molecule has 0 radical (unpaired) electrons. The van der Waals surface area contributed by atoms with Gasteiger partial charge in [0.05, 0.1) is 16.9 Å². The first-order valence-electron chi connectivity index (χ1n) is 6.81. The van der Waals surface area contributed by atoms with Gasteiger partial charge in [0.1, 0.15) is 6.07 Å². The Labute approximate surface area is 119 Å². The number of anilines is 1. The van der Waals surface area contributed by atoms with E-state index in [2.05, 4.69) is 18.3 Å². The fourth-order valence-electron chi connectivity index (χ4n) is 2.54. The summed E-state index contributed by atoms with van der Waals surface area (Å²) >= 11 is 1.67. The molecule has 1 aromatic rings. The molecule has 0 spiro atoms. The lowest BCUT2D eigenvalue weighted by Gasteiger charge is -2.23. The molecule has 0 heterocycles. The molecule has 2 N–H and O–H groups in total. The molecule has 1 fully saturated rings. The average molecular weight is 276 g/mol. The standard InChI is InChI=1S/C15H20N2OS/c1-2-19-14-7-5-6-13(12(14)10-16)17-11-15(18)8-3-4-9-15/h5-7,17-18H,2-4,8-9,11H2,1H3. The van der Waals surface area contributed by atoms with Crippen LogP contribution in [0.25, 0.3) is 0 Å². The van der Waals surface area contributed by atoms with Gasteiger partial charge in [0.25, 0.3) is 0 Å². The summed E-state index contributed by atoms with van der Waals surface area (Å²) in [5.41, 5.74) is 0.929. The van der Waals surface area contributed by atoms with Crippen molar-refractivity contribution in [2.45, 2.75) is 43.1 Å². The van der Waals surface area contributed by atoms with E-state index >= 15 is 0 Å². The predicted octanol–water partition coefficient (Wildman–Crippen LogP) is 3.39. The Hall–Kier alpha value is -1.18. The fraction of sp³-hybridized carbons (Fsp3) is 0.533. The molecule has 1 saturated carbocycles. The third-order valence-electron chi connectivity index (χ3n) is 3.58. The predicted molar refractivity (Wildman–Crippen MR) is 79.5 cm³/mol. The van der Waals surface area contributed by atoms with Gasteiger partial charge in [-0.2, -0.15) is 5.26 Å². The minimum atomic E-state index is -0.597. The molecule has 1 aliphatic rings. The van der Waals surface area contributed by atoms with Crippen molar-refractivity contribution in [3.63, 3.8) is 0 Å². The zero-order valence-corrected chi connectivity index (χ0v) is 12.1. The summed E-state index contributed by atoms with van der Waals surface area (Å²) in [5, 5.41) is 22.9. The number of hydrogen-bond acceptors (Lipinski definition) is 4. The van der Waals surface area contributed by atoms with Crippen LogP contribution >= 0.6 is 11.8 Å². The first kappa shape index (κ1) is 14.2. The van der Waals surface area contributed by atoms with Crippen LogP contribution in [0.4, 0.5) is 5.69 Å². The van der Waals surface area contributed by atoms with Crippen molar-refractivity contribution in [3.05, 3.63) is 23.8 Å². The van der Waals surface area contributed by atoms with Gasteiger partial charge in [-0.25, -0.2) is 0 Å². The summed E-state index contributed by atoms with van der Waals surface area (Å²) in [6.45, 7) is 2.61. The molecule has 0 bridgehead atoms. The van der Waals surface area contributed by atoms with Crippen molar-refractivity contribution >= 4 is 17.4 Å². The van der Waals surface area contributed by atoms with Gasteiger partial charge in [0, 0.05) is 11.4 Å². The Morgan fingerprint density at radius 2 is 2.16 bits per heavy atom. The van der Waals surface area contributed by atoms with Crippen molar-refractivity contribution in [2.24, 2.45) is 0 Å². The van der Waals surface area contributed by atoms with Crippen molar-refractivity contribution in [3.8, 4) is 6.07 Å². The minimum absolute atomic E-state index is 0.530. The van der Waals surface area contributed by atoms with E-state index in [1.165, 1.54) is 0 Å². The lowest BCUT2D eigenvalue weighted by molar-refractivity contribution is 0.0614.